The van der Waals surface area contributed by atoms with Gasteiger partial charge in [0.05, 0.1) is 12.6 Å². The van der Waals surface area contributed by atoms with Gasteiger partial charge in [0.25, 0.3) is 0 Å². The molecule has 4 nitrogen and oxygen atoms in total. The Labute approximate surface area is 113 Å². The maximum Gasteiger partial charge on any atom is 0.408 e. The lowest BCUT2D eigenvalue weighted by Crippen LogP contribution is -2.34. The fraction of sp³-hybridized carbons (Fsp3) is 0.467. The van der Waals surface area contributed by atoms with Crippen LogP contribution in [0.5, 0.6) is 0 Å². The van der Waals surface area contributed by atoms with Crippen LogP contribution in [0.25, 0.3) is 4.85 Å². The summed E-state index contributed by atoms with van der Waals surface area (Å²) in [5.74, 6) is 0. The minimum absolute atomic E-state index is 0.0495. The summed E-state index contributed by atoms with van der Waals surface area (Å²) in [6.45, 7) is 12.7. The number of alkyl carbamates (subject to hydrolysis) is 1. The lowest BCUT2D eigenvalue weighted by atomic mass is 10.1. The van der Waals surface area contributed by atoms with Crippen LogP contribution in [0.1, 0.15) is 44.4 Å². The van der Waals surface area contributed by atoms with E-state index in [4.69, 9.17) is 11.3 Å². The Morgan fingerprint density at radius 3 is 2.84 bits per heavy atom. The molecular weight excluding hydrogens is 240 g/mol. The normalized spacial score (nSPS) is 17.5. The number of amides is 1. The first-order valence-electron chi connectivity index (χ1n) is 6.39. The molecule has 1 aromatic rings. The van der Waals surface area contributed by atoms with Crippen LogP contribution in [-0.2, 0) is 11.2 Å². The second-order valence-corrected chi connectivity index (χ2v) is 5.69. The molecule has 1 N–H and O–H groups in total. The lowest BCUT2D eigenvalue weighted by molar-refractivity contribution is 0.0503. The van der Waals surface area contributed by atoms with Gasteiger partial charge in [0.2, 0.25) is 0 Å². The third-order valence-electron chi connectivity index (χ3n) is 3.06. The van der Waals surface area contributed by atoms with Gasteiger partial charge in [-0.25, -0.2) is 9.64 Å². The molecule has 2 rings (SSSR count). The van der Waals surface area contributed by atoms with Gasteiger partial charge in [-0.15, -0.1) is 0 Å². The smallest absolute Gasteiger partial charge is 0.408 e. The van der Waals surface area contributed by atoms with Crippen molar-refractivity contribution in [3.8, 4) is 0 Å². The number of rotatable bonds is 1. The highest BCUT2D eigenvalue weighted by Crippen LogP contribution is 2.37. The molecule has 1 aromatic carbocycles. The molecule has 0 aliphatic heterocycles. The number of nitrogens with one attached hydrogen (secondary N) is 1. The summed E-state index contributed by atoms with van der Waals surface area (Å²) in [4.78, 5) is 15.3. The first kappa shape index (κ1) is 13.4. The van der Waals surface area contributed by atoms with Crippen LogP contribution in [0, 0.1) is 6.57 Å². The molecule has 0 spiro atoms. The Kier molecular flexibility index (Phi) is 3.48. The molecule has 1 amide bonds. The first-order chi connectivity index (χ1) is 8.90. The summed E-state index contributed by atoms with van der Waals surface area (Å²) in [6.07, 6.45) is 1.24. The molecule has 1 atom stereocenters. The van der Waals surface area contributed by atoms with E-state index in [1.165, 1.54) is 0 Å². The average molecular weight is 258 g/mol. The molecule has 0 bridgehead atoms. The van der Waals surface area contributed by atoms with Gasteiger partial charge in [-0.1, -0.05) is 18.2 Å². The summed E-state index contributed by atoms with van der Waals surface area (Å²) in [5.41, 5.74) is 2.29. The van der Waals surface area contributed by atoms with Crippen molar-refractivity contribution < 1.29 is 9.53 Å². The highest BCUT2D eigenvalue weighted by atomic mass is 16.6. The Balaban J connectivity index is 2.12. The second kappa shape index (κ2) is 4.93. The molecule has 1 aliphatic rings. The van der Waals surface area contributed by atoms with Crippen molar-refractivity contribution >= 4 is 11.8 Å². The molecule has 0 fully saturated rings. The first-order valence-corrected chi connectivity index (χ1v) is 6.39. The van der Waals surface area contributed by atoms with E-state index < -0.39 is 11.7 Å². The van der Waals surface area contributed by atoms with E-state index in [1.54, 1.807) is 0 Å². The van der Waals surface area contributed by atoms with Crippen LogP contribution < -0.4 is 5.32 Å². The third-order valence-corrected chi connectivity index (χ3v) is 3.06. The molecular formula is C15H18N2O2. The van der Waals surface area contributed by atoms with Crippen molar-refractivity contribution in [1.82, 2.24) is 5.32 Å². The fourth-order valence-electron chi connectivity index (χ4n) is 2.34. The summed E-state index contributed by atoms with van der Waals surface area (Å²) >= 11 is 0. The fourth-order valence-corrected chi connectivity index (χ4v) is 2.34. The Morgan fingerprint density at radius 1 is 1.47 bits per heavy atom. The molecule has 0 unspecified atom stereocenters. The van der Waals surface area contributed by atoms with Gasteiger partial charge in [0, 0.05) is 0 Å². The average Bonchev–Trinajstić information content (AvgIpc) is 2.70. The molecule has 0 saturated carbocycles. The maximum atomic E-state index is 11.8. The molecule has 1 aliphatic carbocycles. The lowest BCUT2D eigenvalue weighted by Gasteiger charge is -2.22. The number of carbonyl (C=O) groups excluding carboxylic acids is 1. The van der Waals surface area contributed by atoms with E-state index in [2.05, 4.69) is 10.2 Å². The highest BCUT2D eigenvalue weighted by molar-refractivity contribution is 5.69. The zero-order valence-electron chi connectivity index (χ0n) is 11.5. The van der Waals surface area contributed by atoms with Crippen LogP contribution in [0.4, 0.5) is 10.5 Å². The molecule has 0 aromatic heterocycles. The molecule has 4 heteroatoms. The van der Waals surface area contributed by atoms with Crippen LogP contribution in [0.2, 0.25) is 0 Å². The van der Waals surface area contributed by atoms with Gasteiger partial charge in [-0.3, -0.25) is 0 Å². The van der Waals surface area contributed by atoms with E-state index in [1.807, 2.05) is 39.0 Å². The van der Waals surface area contributed by atoms with Crippen molar-refractivity contribution in [1.29, 1.82) is 0 Å². The number of fused-ring (bicyclic) bond motifs is 1. The Morgan fingerprint density at radius 2 is 2.21 bits per heavy atom. The summed E-state index contributed by atoms with van der Waals surface area (Å²) in [5, 5.41) is 2.88. The Hall–Kier alpha value is -2.02. The zero-order valence-corrected chi connectivity index (χ0v) is 11.5. The van der Waals surface area contributed by atoms with Crippen molar-refractivity contribution in [2.24, 2.45) is 0 Å². The number of hydrogen-bond acceptors (Lipinski definition) is 2. The molecule has 0 heterocycles. The van der Waals surface area contributed by atoms with Crippen molar-refractivity contribution in [3.05, 3.63) is 40.7 Å². The number of carbonyl (C=O) groups is 1. The summed E-state index contributed by atoms with van der Waals surface area (Å²) < 4.78 is 5.26. The maximum absolute atomic E-state index is 11.8. The van der Waals surface area contributed by atoms with Crippen molar-refractivity contribution in [3.63, 3.8) is 0 Å². The monoisotopic (exact) mass is 258 g/mol. The van der Waals surface area contributed by atoms with Gasteiger partial charge in [-0.05, 0) is 44.7 Å². The summed E-state index contributed by atoms with van der Waals surface area (Å²) in [7, 11) is 0. The van der Waals surface area contributed by atoms with Gasteiger partial charge < -0.3 is 10.1 Å². The highest BCUT2D eigenvalue weighted by Gasteiger charge is 2.27. The van der Waals surface area contributed by atoms with Crippen LogP contribution in [-0.4, -0.2) is 11.7 Å². The van der Waals surface area contributed by atoms with E-state index in [9.17, 15) is 4.79 Å². The van der Waals surface area contributed by atoms with E-state index in [0.29, 0.717) is 5.69 Å². The van der Waals surface area contributed by atoms with Crippen LogP contribution >= 0.6 is 0 Å². The van der Waals surface area contributed by atoms with Crippen molar-refractivity contribution in [2.45, 2.75) is 45.3 Å². The van der Waals surface area contributed by atoms with Gasteiger partial charge >= 0.3 is 6.09 Å². The third kappa shape index (κ3) is 3.05. The van der Waals surface area contributed by atoms with E-state index in [0.717, 1.165) is 24.0 Å². The number of benzene rings is 1. The second-order valence-electron chi connectivity index (χ2n) is 5.69. The predicted octanol–water partition coefficient (Wildman–Crippen LogP) is 3.75. The predicted molar refractivity (Wildman–Crippen MR) is 73.1 cm³/mol. The topological polar surface area (TPSA) is 42.7 Å². The summed E-state index contributed by atoms with van der Waals surface area (Å²) in [6, 6.07) is 5.61. The molecule has 0 saturated heterocycles. The quantitative estimate of drug-likeness (QED) is 0.779. The molecule has 19 heavy (non-hydrogen) atoms. The number of hydrogen-bond donors (Lipinski definition) is 1. The largest absolute Gasteiger partial charge is 0.444 e. The molecule has 100 valence electrons. The van der Waals surface area contributed by atoms with Gasteiger partial charge in [0.1, 0.15) is 5.60 Å². The standard InChI is InChI=1S/C15H18N2O2/c1-15(2,3)19-14(18)17-13-9-8-11-10(13)6-5-7-12(11)16-4/h5-7,13H,8-9H2,1-3H3,(H,17,18)/t13-/m1/s1. The Bertz CT molecular complexity index is 538. The van der Waals surface area contributed by atoms with E-state index in [-0.39, 0.29) is 6.04 Å². The van der Waals surface area contributed by atoms with Crippen molar-refractivity contribution in [2.75, 3.05) is 0 Å². The van der Waals surface area contributed by atoms with Gasteiger partial charge in [0.15, 0.2) is 5.69 Å². The zero-order chi connectivity index (χ0) is 14.0. The number of ether oxygens (including phenoxy) is 1. The molecule has 0 radical (unpaired) electrons. The number of nitrogens with zero attached hydrogens (tertiary/aromatic N) is 1. The minimum Gasteiger partial charge on any atom is -0.444 e. The van der Waals surface area contributed by atoms with Gasteiger partial charge in [-0.2, -0.15) is 0 Å². The SMILES string of the molecule is [C-]#[N+]c1cccc2c1CC[C@H]2NC(=O)OC(C)(C)C. The van der Waals surface area contributed by atoms with Crippen LogP contribution in [0.3, 0.4) is 0 Å². The van der Waals surface area contributed by atoms with Crippen LogP contribution in [0.15, 0.2) is 18.2 Å². The van der Waals surface area contributed by atoms with E-state index >= 15 is 0 Å². The minimum atomic E-state index is -0.496.